The van der Waals surface area contributed by atoms with Gasteiger partial charge < -0.3 is 10.4 Å². The van der Waals surface area contributed by atoms with E-state index in [2.05, 4.69) is 15.5 Å². The molecule has 0 aliphatic heterocycles. The van der Waals surface area contributed by atoms with Crippen molar-refractivity contribution in [2.75, 3.05) is 12.3 Å². The van der Waals surface area contributed by atoms with Crippen LogP contribution in [0.2, 0.25) is 0 Å². The summed E-state index contributed by atoms with van der Waals surface area (Å²) in [7, 11) is 0. The molecular formula is C16H20N4O3S. The fourth-order valence-electron chi connectivity index (χ4n) is 2.02. The summed E-state index contributed by atoms with van der Waals surface area (Å²) in [6.07, 6.45) is 2.97. The third kappa shape index (κ3) is 5.69. The summed E-state index contributed by atoms with van der Waals surface area (Å²) < 4.78 is 1.84. The zero-order chi connectivity index (χ0) is 17.4. The number of nitrogens with zero attached hydrogens (tertiary/aromatic N) is 3. The standard InChI is InChI=1S/C16H20N4O3S/c1-12-5-7-13(8-6-12)20-11-18-19-16(20)24-10-14(21)17-9-3-2-4-15(22)23/h5-8,11H,2-4,9-10H2,1H3,(H,17,21)(H,22,23). The van der Waals surface area contributed by atoms with Gasteiger partial charge in [-0.1, -0.05) is 29.5 Å². The van der Waals surface area contributed by atoms with E-state index in [1.165, 1.54) is 17.3 Å². The van der Waals surface area contributed by atoms with E-state index in [9.17, 15) is 9.59 Å². The van der Waals surface area contributed by atoms with Gasteiger partial charge in [0, 0.05) is 18.7 Å². The third-order valence-electron chi connectivity index (χ3n) is 3.30. The smallest absolute Gasteiger partial charge is 0.303 e. The number of benzene rings is 1. The number of carbonyl (C=O) groups excluding carboxylic acids is 1. The minimum Gasteiger partial charge on any atom is -0.481 e. The first-order valence-corrected chi connectivity index (χ1v) is 8.63. The van der Waals surface area contributed by atoms with Crippen LogP contribution in [0.15, 0.2) is 35.7 Å². The van der Waals surface area contributed by atoms with Crippen LogP contribution in [0.3, 0.4) is 0 Å². The van der Waals surface area contributed by atoms with Crippen LogP contribution in [0, 0.1) is 6.92 Å². The number of aliphatic carboxylic acids is 1. The Morgan fingerprint density at radius 2 is 2.00 bits per heavy atom. The van der Waals surface area contributed by atoms with Gasteiger partial charge in [0.2, 0.25) is 5.91 Å². The number of rotatable bonds is 9. The SMILES string of the molecule is Cc1ccc(-n2cnnc2SCC(=O)NCCCCC(=O)O)cc1. The van der Waals surface area contributed by atoms with E-state index in [4.69, 9.17) is 5.11 Å². The number of nitrogens with one attached hydrogen (secondary N) is 1. The number of hydrogen-bond donors (Lipinski definition) is 2. The maximum absolute atomic E-state index is 11.8. The van der Waals surface area contributed by atoms with Crippen molar-refractivity contribution in [3.63, 3.8) is 0 Å². The molecule has 0 atom stereocenters. The van der Waals surface area contributed by atoms with Crippen LogP contribution < -0.4 is 5.32 Å². The highest BCUT2D eigenvalue weighted by Gasteiger charge is 2.10. The van der Waals surface area contributed by atoms with Crippen molar-refractivity contribution in [2.24, 2.45) is 0 Å². The van der Waals surface area contributed by atoms with Gasteiger partial charge in [-0.15, -0.1) is 10.2 Å². The van der Waals surface area contributed by atoms with Gasteiger partial charge in [0.1, 0.15) is 6.33 Å². The van der Waals surface area contributed by atoms with E-state index in [0.29, 0.717) is 24.5 Å². The number of aryl methyl sites for hydroxylation is 1. The molecule has 128 valence electrons. The normalized spacial score (nSPS) is 10.5. The van der Waals surface area contributed by atoms with E-state index in [1.807, 2.05) is 35.8 Å². The molecular weight excluding hydrogens is 328 g/mol. The lowest BCUT2D eigenvalue weighted by atomic mass is 10.2. The summed E-state index contributed by atoms with van der Waals surface area (Å²) in [5, 5.41) is 19.9. The Kier molecular flexibility index (Phi) is 6.80. The van der Waals surface area contributed by atoms with Crippen molar-refractivity contribution < 1.29 is 14.7 Å². The highest BCUT2D eigenvalue weighted by molar-refractivity contribution is 7.99. The predicted octanol–water partition coefficient (Wildman–Crippen LogP) is 2.04. The lowest BCUT2D eigenvalue weighted by Gasteiger charge is -2.07. The van der Waals surface area contributed by atoms with Gasteiger partial charge in [0.25, 0.3) is 0 Å². The van der Waals surface area contributed by atoms with Gasteiger partial charge in [0.15, 0.2) is 5.16 Å². The van der Waals surface area contributed by atoms with Crippen molar-refractivity contribution >= 4 is 23.6 Å². The Hall–Kier alpha value is -2.35. The molecule has 0 saturated heterocycles. The molecule has 7 nitrogen and oxygen atoms in total. The molecule has 0 saturated carbocycles. The Morgan fingerprint density at radius 3 is 2.71 bits per heavy atom. The lowest BCUT2D eigenvalue weighted by Crippen LogP contribution is -2.26. The van der Waals surface area contributed by atoms with E-state index < -0.39 is 5.97 Å². The molecule has 0 spiro atoms. The van der Waals surface area contributed by atoms with Crippen molar-refractivity contribution in [3.8, 4) is 5.69 Å². The molecule has 1 aromatic carbocycles. The molecule has 2 rings (SSSR count). The van der Waals surface area contributed by atoms with Gasteiger partial charge in [-0.25, -0.2) is 0 Å². The first kappa shape index (κ1) is 18.0. The molecule has 0 unspecified atom stereocenters. The van der Waals surface area contributed by atoms with Crippen LogP contribution >= 0.6 is 11.8 Å². The fraction of sp³-hybridized carbons (Fsp3) is 0.375. The topological polar surface area (TPSA) is 97.1 Å². The lowest BCUT2D eigenvalue weighted by molar-refractivity contribution is -0.137. The van der Waals surface area contributed by atoms with E-state index in [-0.39, 0.29) is 18.1 Å². The summed E-state index contributed by atoms with van der Waals surface area (Å²) in [6, 6.07) is 7.97. The van der Waals surface area contributed by atoms with E-state index >= 15 is 0 Å². The highest BCUT2D eigenvalue weighted by Crippen LogP contribution is 2.19. The van der Waals surface area contributed by atoms with Crippen molar-refractivity contribution in [1.82, 2.24) is 20.1 Å². The first-order valence-electron chi connectivity index (χ1n) is 7.64. The monoisotopic (exact) mass is 348 g/mol. The Bertz CT molecular complexity index is 685. The summed E-state index contributed by atoms with van der Waals surface area (Å²) in [6.45, 7) is 2.50. The average molecular weight is 348 g/mol. The number of amides is 1. The summed E-state index contributed by atoms with van der Waals surface area (Å²) in [4.78, 5) is 22.2. The number of carboxylic acid groups (broad SMARTS) is 1. The molecule has 0 radical (unpaired) electrons. The van der Waals surface area contributed by atoms with Gasteiger partial charge >= 0.3 is 5.97 Å². The fourth-order valence-corrected chi connectivity index (χ4v) is 2.77. The Morgan fingerprint density at radius 1 is 1.25 bits per heavy atom. The van der Waals surface area contributed by atoms with E-state index in [0.717, 1.165) is 5.69 Å². The second-order valence-electron chi connectivity index (χ2n) is 5.31. The molecule has 0 aliphatic rings. The van der Waals surface area contributed by atoms with Crippen molar-refractivity contribution in [3.05, 3.63) is 36.2 Å². The van der Waals surface area contributed by atoms with Crippen LogP contribution in [-0.2, 0) is 9.59 Å². The molecule has 0 aliphatic carbocycles. The van der Waals surface area contributed by atoms with Gasteiger partial charge in [-0.05, 0) is 31.9 Å². The second-order valence-corrected chi connectivity index (χ2v) is 6.25. The summed E-state index contributed by atoms with van der Waals surface area (Å²) in [5.74, 6) is -0.676. The van der Waals surface area contributed by atoms with Crippen LogP contribution in [-0.4, -0.2) is 44.0 Å². The molecule has 24 heavy (non-hydrogen) atoms. The molecule has 1 heterocycles. The Labute approximate surface area is 144 Å². The number of unbranched alkanes of at least 4 members (excludes halogenated alkanes) is 1. The van der Waals surface area contributed by atoms with Gasteiger partial charge in [-0.3, -0.25) is 14.2 Å². The third-order valence-corrected chi connectivity index (χ3v) is 4.24. The van der Waals surface area contributed by atoms with Gasteiger partial charge in [0.05, 0.1) is 5.75 Å². The van der Waals surface area contributed by atoms with Crippen LogP contribution in [0.4, 0.5) is 0 Å². The number of aromatic nitrogens is 3. The zero-order valence-corrected chi connectivity index (χ0v) is 14.3. The average Bonchev–Trinajstić information content (AvgIpc) is 3.01. The van der Waals surface area contributed by atoms with Crippen molar-refractivity contribution in [2.45, 2.75) is 31.3 Å². The molecule has 1 aromatic heterocycles. The minimum atomic E-state index is -0.813. The number of carboxylic acids is 1. The molecule has 0 fully saturated rings. The molecule has 2 N–H and O–H groups in total. The summed E-state index contributed by atoms with van der Waals surface area (Å²) in [5.41, 5.74) is 2.12. The highest BCUT2D eigenvalue weighted by atomic mass is 32.2. The van der Waals surface area contributed by atoms with Gasteiger partial charge in [-0.2, -0.15) is 0 Å². The molecule has 8 heteroatoms. The van der Waals surface area contributed by atoms with Crippen LogP contribution in [0.25, 0.3) is 5.69 Å². The maximum Gasteiger partial charge on any atom is 0.303 e. The van der Waals surface area contributed by atoms with Crippen LogP contribution in [0.5, 0.6) is 0 Å². The molecule has 1 amide bonds. The van der Waals surface area contributed by atoms with E-state index in [1.54, 1.807) is 6.33 Å². The maximum atomic E-state index is 11.8. The molecule has 2 aromatic rings. The number of carbonyl (C=O) groups is 2. The quantitative estimate of drug-likeness (QED) is 0.532. The summed E-state index contributed by atoms with van der Waals surface area (Å²) >= 11 is 1.31. The molecule has 0 bridgehead atoms. The largest absolute Gasteiger partial charge is 0.481 e. The minimum absolute atomic E-state index is 0.103. The second kappa shape index (κ2) is 9.07. The van der Waals surface area contributed by atoms with Crippen LogP contribution in [0.1, 0.15) is 24.8 Å². The predicted molar refractivity (Wildman–Crippen MR) is 91.3 cm³/mol. The Balaban J connectivity index is 1.78. The first-order chi connectivity index (χ1) is 11.6. The number of hydrogen-bond acceptors (Lipinski definition) is 5. The number of thioether (sulfide) groups is 1. The zero-order valence-electron chi connectivity index (χ0n) is 13.4. The van der Waals surface area contributed by atoms with Crippen molar-refractivity contribution in [1.29, 1.82) is 0 Å².